The van der Waals surface area contributed by atoms with E-state index in [1.54, 1.807) is 24.3 Å². The number of hydrogen-bond donors (Lipinski definition) is 0. The first kappa shape index (κ1) is 9.40. The van der Waals surface area contributed by atoms with E-state index in [9.17, 15) is 9.59 Å². The number of ketones is 1. The lowest BCUT2D eigenvalue weighted by atomic mass is 10.1. The highest BCUT2D eigenvalue weighted by Gasteiger charge is 2.08. The van der Waals surface area contributed by atoms with Gasteiger partial charge >= 0.3 is 5.63 Å². The van der Waals surface area contributed by atoms with E-state index in [1.807, 2.05) is 6.07 Å². The molecule has 74 valence electrons. The van der Waals surface area contributed by atoms with Crippen LogP contribution >= 0.6 is 0 Å². The molecule has 0 aliphatic rings. The first-order valence-corrected chi connectivity index (χ1v) is 4.46. The molecule has 0 aliphatic heterocycles. The van der Waals surface area contributed by atoms with Crippen LogP contribution in [-0.4, -0.2) is 5.78 Å². The van der Waals surface area contributed by atoms with Gasteiger partial charge in [-0.1, -0.05) is 30.3 Å². The van der Waals surface area contributed by atoms with Crippen LogP contribution in [0.4, 0.5) is 0 Å². The number of rotatable bonds is 2. The van der Waals surface area contributed by atoms with Crippen molar-refractivity contribution >= 4 is 5.78 Å². The molecule has 0 amide bonds. The van der Waals surface area contributed by atoms with Crippen molar-refractivity contribution in [1.82, 2.24) is 0 Å². The largest absolute Gasteiger partial charge is 0.431 e. The van der Waals surface area contributed by atoms with Gasteiger partial charge < -0.3 is 4.42 Å². The van der Waals surface area contributed by atoms with Gasteiger partial charge in [-0.2, -0.15) is 0 Å². The Morgan fingerprint density at radius 3 is 2.27 bits per heavy atom. The second-order valence-electron chi connectivity index (χ2n) is 3.04. The van der Waals surface area contributed by atoms with Crippen LogP contribution in [0.15, 0.2) is 57.9 Å². The van der Waals surface area contributed by atoms with Crippen molar-refractivity contribution in [2.24, 2.45) is 0 Å². The van der Waals surface area contributed by atoms with Gasteiger partial charge in [0.25, 0.3) is 0 Å². The summed E-state index contributed by atoms with van der Waals surface area (Å²) in [6, 6.07) is 11.5. The monoisotopic (exact) mass is 200 g/mol. The van der Waals surface area contributed by atoms with E-state index >= 15 is 0 Å². The SMILES string of the molecule is O=C(c1ccccc1)c1ccc(=O)oc1. The second-order valence-corrected chi connectivity index (χ2v) is 3.04. The first-order chi connectivity index (χ1) is 7.27. The molecule has 0 fully saturated rings. The van der Waals surface area contributed by atoms with Crippen molar-refractivity contribution in [1.29, 1.82) is 0 Å². The molecular weight excluding hydrogens is 192 g/mol. The number of carbonyl (C=O) groups excluding carboxylic acids is 1. The van der Waals surface area contributed by atoms with Gasteiger partial charge in [0.05, 0.1) is 5.56 Å². The summed E-state index contributed by atoms with van der Waals surface area (Å²) >= 11 is 0. The highest BCUT2D eigenvalue weighted by Crippen LogP contribution is 2.07. The molecule has 0 radical (unpaired) electrons. The summed E-state index contributed by atoms with van der Waals surface area (Å²) in [6.07, 6.45) is 1.18. The van der Waals surface area contributed by atoms with Crippen LogP contribution in [0.25, 0.3) is 0 Å². The Hall–Kier alpha value is -2.16. The summed E-state index contributed by atoms with van der Waals surface area (Å²) in [7, 11) is 0. The van der Waals surface area contributed by atoms with Gasteiger partial charge in [0.2, 0.25) is 0 Å². The van der Waals surface area contributed by atoms with Gasteiger partial charge in [-0.3, -0.25) is 4.79 Å². The predicted octanol–water partition coefficient (Wildman–Crippen LogP) is 1.87. The molecule has 0 aliphatic carbocycles. The van der Waals surface area contributed by atoms with Crippen LogP contribution in [0.5, 0.6) is 0 Å². The molecule has 0 saturated carbocycles. The van der Waals surface area contributed by atoms with E-state index in [4.69, 9.17) is 0 Å². The van der Waals surface area contributed by atoms with Crippen LogP contribution in [0.1, 0.15) is 15.9 Å². The molecule has 0 bridgehead atoms. The van der Waals surface area contributed by atoms with Crippen LogP contribution in [0, 0.1) is 0 Å². The Bertz CT molecular complexity index is 506. The maximum atomic E-state index is 11.8. The van der Waals surface area contributed by atoms with E-state index in [2.05, 4.69) is 4.42 Å². The topological polar surface area (TPSA) is 47.3 Å². The molecule has 0 unspecified atom stereocenters. The van der Waals surface area contributed by atoms with Gasteiger partial charge in [0, 0.05) is 11.6 Å². The fraction of sp³-hybridized carbons (Fsp3) is 0. The molecule has 0 spiro atoms. The van der Waals surface area contributed by atoms with Crippen LogP contribution < -0.4 is 5.63 Å². The Morgan fingerprint density at radius 1 is 0.933 bits per heavy atom. The summed E-state index contributed by atoms with van der Waals surface area (Å²) in [6.45, 7) is 0. The predicted molar refractivity (Wildman–Crippen MR) is 54.9 cm³/mol. The zero-order valence-corrected chi connectivity index (χ0v) is 7.84. The van der Waals surface area contributed by atoms with Crippen molar-refractivity contribution in [2.75, 3.05) is 0 Å². The molecule has 0 saturated heterocycles. The van der Waals surface area contributed by atoms with Crippen molar-refractivity contribution in [3.8, 4) is 0 Å². The minimum atomic E-state index is -0.459. The molecular formula is C12H8O3. The smallest absolute Gasteiger partial charge is 0.335 e. The summed E-state index contributed by atoms with van der Waals surface area (Å²) in [4.78, 5) is 22.5. The van der Waals surface area contributed by atoms with Crippen LogP contribution in [-0.2, 0) is 0 Å². The molecule has 1 aromatic heterocycles. The van der Waals surface area contributed by atoms with Crippen molar-refractivity contribution in [2.45, 2.75) is 0 Å². The van der Waals surface area contributed by atoms with Gasteiger partial charge in [0.15, 0.2) is 5.78 Å². The Balaban J connectivity index is 2.37. The van der Waals surface area contributed by atoms with Crippen LogP contribution in [0.2, 0.25) is 0 Å². The molecule has 2 aromatic rings. The van der Waals surface area contributed by atoms with Crippen molar-refractivity contribution < 1.29 is 9.21 Å². The van der Waals surface area contributed by atoms with E-state index in [1.165, 1.54) is 18.4 Å². The standard InChI is InChI=1S/C12H8O3/c13-11-7-6-10(8-15-11)12(14)9-4-2-1-3-5-9/h1-8H. The third-order valence-electron chi connectivity index (χ3n) is 2.00. The fourth-order valence-electron chi connectivity index (χ4n) is 1.24. The Kier molecular flexibility index (Phi) is 2.46. The fourth-order valence-corrected chi connectivity index (χ4v) is 1.24. The molecule has 3 nitrogen and oxygen atoms in total. The average Bonchev–Trinajstić information content (AvgIpc) is 2.30. The molecule has 0 atom stereocenters. The van der Waals surface area contributed by atoms with E-state index in [0.717, 1.165) is 0 Å². The summed E-state index contributed by atoms with van der Waals surface area (Å²) in [5.74, 6) is -0.153. The van der Waals surface area contributed by atoms with Gasteiger partial charge in [0.1, 0.15) is 6.26 Å². The molecule has 15 heavy (non-hydrogen) atoms. The van der Waals surface area contributed by atoms with E-state index in [-0.39, 0.29) is 5.78 Å². The summed E-state index contributed by atoms with van der Waals surface area (Å²) < 4.78 is 4.62. The minimum absolute atomic E-state index is 0.153. The van der Waals surface area contributed by atoms with Gasteiger partial charge in [-0.15, -0.1) is 0 Å². The Labute approximate surface area is 86.0 Å². The maximum Gasteiger partial charge on any atom is 0.335 e. The molecule has 2 rings (SSSR count). The normalized spacial score (nSPS) is 9.87. The highest BCUT2D eigenvalue weighted by atomic mass is 16.4. The molecule has 1 aromatic carbocycles. The third-order valence-corrected chi connectivity index (χ3v) is 2.00. The minimum Gasteiger partial charge on any atom is -0.431 e. The maximum absolute atomic E-state index is 11.8. The van der Waals surface area contributed by atoms with E-state index < -0.39 is 5.63 Å². The van der Waals surface area contributed by atoms with Crippen LogP contribution in [0.3, 0.4) is 0 Å². The zero-order valence-electron chi connectivity index (χ0n) is 7.84. The number of hydrogen-bond acceptors (Lipinski definition) is 3. The highest BCUT2D eigenvalue weighted by molar-refractivity contribution is 6.08. The summed E-state index contributed by atoms with van der Waals surface area (Å²) in [5.41, 5.74) is 0.492. The third kappa shape index (κ3) is 2.02. The lowest BCUT2D eigenvalue weighted by molar-refractivity contribution is 0.103. The van der Waals surface area contributed by atoms with Gasteiger partial charge in [-0.25, -0.2) is 4.79 Å². The number of benzene rings is 1. The lowest BCUT2D eigenvalue weighted by Gasteiger charge is -1.98. The molecule has 3 heteroatoms. The van der Waals surface area contributed by atoms with E-state index in [0.29, 0.717) is 11.1 Å². The Morgan fingerprint density at radius 2 is 1.67 bits per heavy atom. The zero-order chi connectivity index (χ0) is 10.7. The van der Waals surface area contributed by atoms with Gasteiger partial charge in [-0.05, 0) is 6.07 Å². The summed E-state index contributed by atoms with van der Waals surface area (Å²) in [5, 5.41) is 0. The van der Waals surface area contributed by atoms with Crippen molar-refractivity contribution in [3.05, 3.63) is 70.3 Å². The van der Waals surface area contributed by atoms with Crippen molar-refractivity contribution in [3.63, 3.8) is 0 Å². The molecule has 0 N–H and O–H groups in total. The average molecular weight is 200 g/mol. The molecule has 1 heterocycles. The first-order valence-electron chi connectivity index (χ1n) is 4.46. The quantitative estimate of drug-likeness (QED) is 0.695. The second kappa shape index (κ2) is 3.92. The number of carbonyl (C=O) groups is 1. The lowest BCUT2D eigenvalue weighted by Crippen LogP contribution is -2.03.